The zero-order valence-corrected chi connectivity index (χ0v) is 26.1. The van der Waals surface area contributed by atoms with Crippen LogP contribution in [0.15, 0.2) is 11.6 Å². The van der Waals surface area contributed by atoms with Crippen LogP contribution in [0.5, 0.6) is 0 Å². The van der Waals surface area contributed by atoms with Crippen molar-refractivity contribution in [3.8, 4) is 0 Å². The van der Waals surface area contributed by atoms with Crippen LogP contribution in [0.1, 0.15) is 131 Å². The summed E-state index contributed by atoms with van der Waals surface area (Å²) in [5, 5.41) is 6.04. The molecule has 1 saturated heterocycles. The van der Waals surface area contributed by atoms with Gasteiger partial charge in [-0.1, -0.05) is 72.3 Å². The fourth-order valence-corrected chi connectivity index (χ4v) is 5.31. The first-order chi connectivity index (χ1) is 19.0. The summed E-state index contributed by atoms with van der Waals surface area (Å²) in [6.45, 7) is 12.4. The van der Waals surface area contributed by atoms with Crippen molar-refractivity contribution in [1.29, 1.82) is 0 Å². The van der Waals surface area contributed by atoms with Crippen molar-refractivity contribution in [3.63, 3.8) is 0 Å². The lowest BCUT2D eigenvalue weighted by Crippen LogP contribution is -2.56. The number of rotatable bonds is 16. The van der Waals surface area contributed by atoms with E-state index in [2.05, 4.69) is 30.6 Å². The molecule has 2 rings (SSSR count). The first-order valence-electron chi connectivity index (χ1n) is 15.8. The molecule has 0 spiro atoms. The maximum Gasteiger partial charge on any atom is 0.307 e. The van der Waals surface area contributed by atoms with E-state index in [0.29, 0.717) is 6.61 Å². The number of hydrogen-bond acceptors (Lipinski definition) is 6. The molecule has 0 aromatic rings. The van der Waals surface area contributed by atoms with Crippen molar-refractivity contribution >= 4 is 17.8 Å². The summed E-state index contributed by atoms with van der Waals surface area (Å²) in [6.07, 6.45) is 14.3. The van der Waals surface area contributed by atoms with Crippen LogP contribution in [0.25, 0.3) is 0 Å². The number of allylic oxidation sites excluding steroid dienone is 1. The molecule has 1 heterocycles. The van der Waals surface area contributed by atoms with Gasteiger partial charge in [-0.05, 0) is 58.8 Å². The lowest BCUT2D eigenvalue weighted by molar-refractivity contribution is -0.304. The van der Waals surface area contributed by atoms with Gasteiger partial charge in [-0.25, -0.2) is 0 Å². The van der Waals surface area contributed by atoms with Crippen LogP contribution in [0.4, 0.5) is 0 Å². The highest BCUT2D eigenvalue weighted by Crippen LogP contribution is 2.34. The summed E-state index contributed by atoms with van der Waals surface area (Å²) in [4.78, 5) is 38.8. The van der Waals surface area contributed by atoms with Gasteiger partial charge in [0, 0.05) is 17.5 Å². The Morgan fingerprint density at radius 2 is 1.62 bits per heavy atom. The van der Waals surface area contributed by atoms with E-state index in [0.717, 1.165) is 69.8 Å². The van der Waals surface area contributed by atoms with Crippen molar-refractivity contribution in [1.82, 2.24) is 10.6 Å². The van der Waals surface area contributed by atoms with Gasteiger partial charge in [0.05, 0.1) is 19.1 Å². The molecule has 3 atom stereocenters. The predicted octanol–water partition coefficient (Wildman–Crippen LogP) is 6.12. The van der Waals surface area contributed by atoms with Crippen LogP contribution in [-0.2, 0) is 28.6 Å². The minimum atomic E-state index is -0.836. The largest absolute Gasteiger partial charge is 0.460 e. The number of amides is 2. The van der Waals surface area contributed by atoms with E-state index >= 15 is 0 Å². The molecule has 2 fully saturated rings. The molecule has 1 unspecified atom stereocenters. The molecule has 2 amide bonds. The Labute approximate surface area is 242 Å². The summed E-state index contributed by atoms with van der Waals surface area (Å²) in [5.74, 6) is -1.48. The topological polar surface area (TPSA) is 103 Å². The van der Waals surface area contributed by atoms with E-state index in [1.807, 2.05) is 13.8 Å². The molecule has 2 N–H and O–H groups in total. The Kier molecular flexibility index (Phi) is 14.7. The molecule has 1 aliphatic heterocycles. The van der Waals surface area contributed by atoms with Crippen LogP contribution in [0.2, 0.25) is 0 Å². The Hall–Kier alpha value is -1.93. The molecular weight excluding hydrogens is 508 g/mol. The lowest BCUT2D eigenvalue weighted by Gasteiger charge is -2.44. The van der Waals surface area contributed by atoms with Crippen LogP contribution in [0, 0.1) is 5.41 Å². The average molecular weight is 565 g/mol. The van der Waals surface area contributed by atoms with Crippen LogP contribution in [-0.4, -0.2) is 55.0 Å². The normalized spacial score (nSPS) is 24.2. The molecule has 230 valence electrons. The van der Waals surface area contributed by atoms with E-state index < -0.39 is 17.3 Å². The summed E-state index contributed by atoms with van der Waals surface area (Å²) in [6, 6.07) is -0.187. The zero-order chi connectivity index (χ0) is 29.6. The minimum Gasteiger partial charge on any atom is -0.460 e. The fraction of sp³-hybridized carbons (Fsp3) is 0.844. The summed E-state index contributed by atoms with van der Waals surface area (Å²) >= 11 is 0. The van der Waals surface area contributed by atoms with Gasteiger partial charge >= 0.3 is 5.97 Å². The van der Waals surface area contributed by atoms with Crippen molar-refractivity contribution < 1.29 is 28.6 Å². The molecule has 2 aliphatic rings. The third-order valence-corrected chi connectivity index (χ3v) is 7.86. The summed E-state index contributed by atoms with van der Waals surface area (Å²) < 4.78 is 17.4. The molecule has 0 radical (unpaired) electrons. The van der Waals surface area contributed by atoms with Gasteiger partial charge in [0.15, 0.2) is 5.79 Å². The summed E-state index contributed by atoms with van der Waals surface area (Å²) in [5.41, 5.74) is 0.388. The van der Waals surface area contributed by atoms with Crippen molar-refractivity contribution in [2.75, 3.05) is 13.2 Å². The average Bonchev–Trinajstić information content (AvgIpc) is 2.90. The Morgan fingerprint density at radius 3 is 2.35 bits per heavy atom. The van der Waals surface area contributed by atoms with Gasteiger partial charge < -0.3 is 24.8 Å². The van der Waals surface area contributed by atoms with Crippen molar-refractivity contribution in [3.05, 3.63) is 11.6 Å². The second kappa shape index (κ2) is 17.1. The fourth-order valence-electron chi connectivity index (χ4n) is 5.31. The SMILES string of the molecule is CCCCC/C=C(/CCCCCC)C(=O)N[C@H]1CCCC[C@@H]1OC(=O)CCNC(=O)C1OC(C)(C)OCC1(C)C. The van der Waals surface area contributed by atoms with E-state index in [1.165, 1.54) is 19.3 Å². The highest BCUT2D eigenvalue weighted by atomic mass is 16.7. The van der Waals surface area contributed by atoms with Gasteiger partial charge in [0.25, 0.3) is 0 Å². The Bertz CT molecular complexity index is 837. The first-order valence-corrected chi connectivity index (χ1v) is 15.8. The Balaban J connectivity index is 1.88. The van der Waals surface area contributed by atoms with Gasteiger partial charge in [0.1, 0.15) is 12.2 Å². The van der Waals surface area contributed by atoms with Gasteiger partial charge in [-0.2, -0.15) is 0 Å². The monoisotopic (exact) mass is 564 g/mol. The standard InChI is InChI=1S/C32H56N2O6/c1-7-9-11-13-17-24(18-14-12-10-8-2)29(36)34-25-19-15-16-20-26(25)39-27(35)21-22-33-30(37)28-31(3,4)23-38-32(5,6)40-28/h17,25-26,28H,7-16,18-23H2,1-6H3,(H,33,37)(H,34,36)/b24-17-/t25-,26-,28?/m0/s1. The van der Waals surface area contributed by atoms with Crippen LogP contribution in [0.3, 0.4) is 0 Å². The minimum absolute atomic E-state index is 0.0183. The number of carbonyl (C=O) groups is 3. The number of nitrogens with one attached hydrogen (secondary N) is 2. The number of carbonyl (C=O) groups excluding carboxylic acids is 3. The number of hydrogen-bond donors (Lipinski definition) is 2. The highest BCUT2D eigenvalue weighted by molar-refractivity contribution is 5.93. The van der Waals surface area contributed by atoms with Crippen molar-refractivity contribution in [2.45, 2.75) is 155 Å². The number of ether oxygens (including phenoxy) is 3. The van der Waals surface area contributed by atoms with E-state index in [-0.39, 0.29) is 42.9 Å². The quantitative estimate of drug-likeness (QED) is 0.133. The second-order valence-corrected chi connectivity index (χ2v) is 12.6. The third-order valence-electron chi connectivity index (χ3n) is 7.86. The number of esters is 1. The second-order valence-electron chi connectivity index (χ2n) is 12.6. The maximum absolute atomic E-state index is 13.3. The molecular formula is C32H56N2O6. The molecule has 8 nitrogen and oxygen atoms in total. The first kappa shape index (κ1) is 34.3. The van der Waals surface area contributed by atoms with Crippen molar-refractivity contribution in [2.24, 2.45) is 5.41 Å². The molecule has 1 saturated carbocycles. The highest BCUT2D eigenvalue weighted by Gasteiger charge is 2.45. The molecule has 0 aromatic carbocycles. The van der Waals surface area contributed by atoms with Crippen LogP contribution >= 0.6 is 0 Å². The molecule has 0 bridgehead atoms. The third kappa shape index (κ3) is 11.9. The summed E-state index contributed by atoms with van der Waals surface area (Å²) in [7, 11) is 0. The molecule has 1 aliphatic carbocycles. The van der Waals surface area contributed by atoms with Crippen LogP contribution < -0.4 is 10.6 Å². The zero-order valence-electron chi connectivity index (χ0n) is 26.1. The number of unbranched alkanes of at least 4 members (excludes halogenated alkanes) is 6. The molecule has 40 heavy (non-hydrogen) atoms. The van der Waals surface area contributed by atoms with E-state index in [1.54, 1.807) is 13.8 Å². The molecule has 8 heteroatoms. The Morgan fingerprint density at radius 1 is 0.925 bits per heavy atom. The van der Waals surface area contributed by atoms with Gasteiger partial charge in [0.2, 0.25) is 11.8 Å². The van der Waals surface area contributed by atoms with E-state index in [9.17, 15) is 14.4 Å². The molecule has 0 aromatic heterocycles. The maximum atomic E-state index is 13.3. The van der Waals surface area contributed by atoms with Gasteiger partial charge in [-0.15, -0.1) is 0 Å². The smallest absolute Gasteiger partial charge is 0.307 e. The van der Waals surface area contributed by atoms with Gasteiger partial charge in [-0.3, -0.25) is 14.4 Å². The predicted molar refractivity (Wildman–Crippen MR) is 158 cm³/mol. The lowest BCUT2D eigenvalue weighted by atomic mass is 9.85. The van der Waals surface area contributed by atoms with E-state index in [4.69, 9.17) is 14.2 Å².